The first kappa shape index (κ1) is 16.5. The molecule has 0 radical (unpaired) electrons. The van der Waals surface area contributed by atoms with Gasteiger partial charge >= 0.3 is 0 Å². The Kier molecular flexibility index (Phi) is 4.59. The van der Waals surface area contributed by atoms with E-state index in [1.165, 1.54) is 13.2 Å². The summed E-state index contributed by atoms with van der Waals surface area (Å²) in [7, 11) is -2.36. The average Bonchev–Trinajstić information content (AvgIpc) is 3.24. The van der Waals surface area contributed by atoms with E-state index < -0.39 is 10.0 Å². The van der Waals surface area contributed by atoms with Crippen molar-refractivity contribution in [2.75, 3.05) is 18.6 Å². The molecule has 0 saturated carbocycles. The van der Waals surface area contributed by atoms with E-state index in [1.54, 1.807) is 35.4 Å². The fourth-order valence-corrected chi connectivity index (χ4v) is 3.89. The number of H-pyrrole nitrogens is 1. The Bertz CT molecular complexity index is 831. The molecule has 1 aliphatic heterocycles. The van der Waals surface area contributed by atoms with Crippen molar-refractivity contribution in [3.8, 4) is 5.75 Å². The molecule has 0 spiro atoms. The van der Waals surface area contributed by atoms with Crippen LogP contribution < -0.4 is 14.4 Å². The Morgan fingerprint density at radius 1 is 1.33 bits per heavy atom. The van der Waals surface area contributed by atoms with E-state index in [-0.39, 0.29) is 23.1 Å². The van der Waals surface area contributed by atoms with Crippen LogP contribution in [0.2, 0.25) is 0 Å². The van der Waals surface area contributed by atoms with Crippen LogP contribution in [-0.4, -0.2) is 33.0 Å². The molecule has 2 aromatic rings. The average molecular weight is 349 g/mol. The van der Waals surface area contributed by atoms with Gasteiger partial charge in [-0.05, 0) is 36.8 Å². The van der Waals surface area contributed by atoms with Gasteiger partial charge in [-0.25, -0.2) is 13.1 Å². The van der Waals surface area contributed by atoms with Gasteiger partial charge in [0.05, 0.1) is 13.7 Å². The highest BCUT2D eigenvalue weighted by Crippen LogP contribution is 2.30. The van der Waals surface area contributed by atoms with Gasteiger partial charge in [-0.15, -0.1) is 0 Å². The first-order chi connectivity index (χ1) is 11.5. The number of amides is 1. The molecule has 2 heterocycles. The van der Waals surface area contributed by atoms with Crippen molar-refractivity contribution in [3.63, 3.8) is 0 Å². The topological polar surface area (TPSA) is 91.5 Å². The number of nitrogens with one attached hydrogen (secondary N) is 2. The van der Waals surface area contributed by atoms with Gasteiger partial charge < -0.3 is 14.6 Å². The standard InChI is InChI=1S/C16H19N3O4S/c1-23-14-7-6-13(19-9-3-5-16(19)20)10-15(14)24(21,22)18-11-12-4-2-8-17-12/h2,4,6-8,10,17-18H,3,5,9,11H2,1H3. The Balaban J connectivity index is 1.90. The number of aromatic nitrogens is 1. The molecular formula is C16H19N3O4S. The van der Waals surface area contributed by atoms with Gasteiger partial charge in [-0.3, -0.25) is 4.79 Å². The lowest BCUT2D eigenvalue weighted by Crippen LogP contribution is -2.26. The number of methoxy groups -OCH3 is 1. The third-order valence-corrected chi connectivity index (χ3v) is 5.36. The fourth-order valence-electron chi connectivity index (χ4n) is 2.69. The summed E-state index contributed by atoms with van der Waals surface area (Å²) in [5, 5.41) is 0. The highest BCUT2D eigenvalue weighted by atomic mass is 32.2. The molecule has 0 aliphatic carbocycles. The van der Waals surface area contributed by atoms with Gasteiger partial charge in [0.1, 0.15) is 10.6 Å². The second-order valence-electron chi connectivity index (χ2n) is 5.50. The molecule has 1 saturated heterocycles. The Labute approximate surface area is 140 Å². The van der Waals surface area contributed by atoms with Gasteiger partial charge in [-0.2, -0.15) is 0 Å². The minimum atomic E-state index is -3.78. The number of carbonyl (C=O) groups is 1. The molecule has 1 aromatic heterocycles. The second kappa shape index (κ2) is 6.66. The van der Waals surface area contributed by atoms with Gasteiger partial charge in [0.15, 0.2) is 0 Å². The quantitative estimate of drug-likeness (QED) is 0.829. The van der Waals surface area contributed by atoms with Crippen LogP contribution in [0, 0.1) is 0 Å². The zero-order chi connectivity index (χ0) is 17.2. The minimum Gasteiger partial charge on any atom is -0.495 e. The van der Waals surface area contributed by atoms with Gasteiger partial charge in [-0.1, -0.05) is 0 Å². The van der Waals surface area contributed by atoms with Crippen molar-refractivity contribution in [1.29, 1.82) is 0 Å². The summed E-state index contributed by atoms with van der Waals surface area (Å²) in [5.41, 5.74) is 1.32. The van der Waals surface area contributed by atoms with Crippen molar-refractivity contribution < 1.29 is 17.9 Å². The van der Waals surface area contributed by atoms with E-state index in [1.807, 2.05) is 0 Å². The number of sulfonamides is 1. The largest absolute Gasteiger partial charge is 0.495 e. The lowest BCUT2D eigenvalue weighted by molar-refractivity contribution is -0.117. The highest BCUT2D eigenvalue weighted by molar-refractivity contribution is 7.89. The number of hydrogen-bond donors (Lipinski definition) is 2. The number of ether oxygens (including phenoxy) is 1. The summed E-state index contributed by atoms with van der Waals surface area (Å²) in [6, 6.07) is 8.35. The molecule has 0 bridgehead atoms. The van der Waals surface area contributed by atoms with Crippen LogP contribution in [0.15, 0.2) is 41.4 Å². The predicted molar refractivity (Wildman–Crippen MR) is 89.4 cm³/mol. The number of hydrogen-bond acceptors (Lipinski definition) is 4. The third-order valence-electron chi connectivity index (χ3n) is 3.94. The molecule has 1 aliphatic rings. The molecule has 7 nitrogen and oxygen atoms in total. The van der Waals surface area contributed by atoms with E-state index in [9.17, 15) is 13.2 Å². The Morgan fingerprint density at radius 2 is 2.17 bits per heavy atom. The van der Waals surface area contributed by atoms with E-state index >= 15 is 0 Å². The van der Waals surface area contributed by atoms with Crippen LogP contribution in [0.1, 0.15) is 18.5 Å². The van der Waals surface area contributed by atoms with Crippen molar-refractivity contribution in [3.05, 3.63) is 42.2 Å². The molecule has 1 fully saturated rings. The second-order valence-corrected chi connectivity index (χ2v) is 7.24. The normalized spacial score (nSPS) is 15.0. The Hall–Kier alpha value is -2.32. The lowest BCUT2D eigenvalue weighted by Gasteiger charge is -2.18. The summed E-state index contributed by atoms with van der Waals surface area (Å²) < 4.78 is 33.0. The molecule has 3 rings (SSSR count). The van der Waals surface area contributed by atoms with Crippen LogP contribution >= 0.6 is 0 Å². The van der Waals surface area contributed by atoms with Crippen molar-refractivity contribution in [1.82, 2.24) is 9.71 Å². The molecule has 1 amide bonds. The van der Waals surface area contributed by atoms with E-state index in [4.69, 9.17) is 4.74 Å². The summed E-state index contributed by atoms with van der Waals surface area (Å²) in [6.45, 7) is 0.742. The highest BCUT2D eigenvalue weighted by Gasteiger charge is 2.25. The number of benzene rings is 1. The number of nitrogens with zero attached hydrogens (tertiary/aromatic N) is 1. The van der Waals surface area contributed by atoms with Crippen molar-refractivity contribution in [2.45, 2.75) is 24.3 Å². The zero-order valence-corrected chi connectivity index (χ0v) is 14.1. The van der Waals surface area contributed by atoms with Gasteiger partial charge in [0, 0.05) is 30.5 Å². The maximum absolute atomic E-state index is 12.6. The first-order valence-corrected chi connectivity index (χ1v) is 9.10. The monoisotopic (exact) mass is 349 g/mol. The van der Waals surface area contributed by atoms with Crippen molar-refractivity contribution >= 4 is 21.6 Å². The smallest absolute Gasteiger partial charge is 0.244 e. The van der Waals surface area contributed by atoms with Crippen LogP contribution in [-0.2, 0) is 21.4 Å². The summed E-state index contributed by atoms with van der Waals surface area (Å²) >= 11 is 0. The fraction of sp³-hybridized carbons (Fsp3) is 0.312. The van der Waals surface area contributed by atoms with E-state index in [0.717, 1.165) is 12.1 Å². The van der Waals surface area contributed by atoms with Crippen LogP contribution in [0.4, 0.5) is 5.69 Å². The number of aromatic amines is 1. The molecular weight excluding hydrogens is 330 g/mol. The SMILES string of the molecule is COc1ccc(N2CCCC2=O)cc1S(=O)(=O)NCc1ccc[nH]1. The van der Waals surface area contributed by atoms with Gasteiger partial charge in [0.2, 0.25) is 15.9 Å². The molecule has 128 valence electrons. The Morgan fingerprint density at radius 3 is 2.79 bits per heavy atom. The van der Waals surface area contributed by atoms with Gasteiger partial charge in [0.25, 0.3) is 0 Å². The summed E-state index contributed by atoms with van der Waals surface area (Å²) in [5.74, 6) is 0.243. The lowest BCUT2D eigenvalue weighted by atomic mass is 10.3. The van der Waals surface area contributed by atoms with E-state index in [0.29, 0.717) is 18.7 Å². The minimum absolute atomic E-state index is 0.00265. The molecule has 8 heteroatoms. The maximum Gasteiger partial charge on any atom is 0.244 e. The molecule has 0 unspecified atom stereocenters. The number of rotatable bonds is 6. The van der Waals surface area contributed by atoms with Crippen LogP contribution in [0.25, 0.3) is 0 Å². The number of carbonyl (C=O) groups excluding carboxylic acids is 1. The molecule has 0 atom stereocenters. The summed E-state index contributed by atoms with van der Waals surface area (Å²) in [6.07, 6.45) is 2.99. The zero-order valence-electron chi connectivity index (χ0n) is 13.3. The van der Waals surface area contributed by atoms with Crippen LogP contribution in [0.3, 0.4) is 0 Å². The third kappa shape index (κ3) is 3.29. The van der Waals surface area contributed by atoms with E-state index in [2.05, 4.69) is 9.71 Å². The molecule has 1 aromatic carbocycles. The van der Waals surface area contributed by atoms with Crippen LogP contribution in [0.5, 0.6) is 5.75 Å². The maximum atomic E-state index is 12.6. The van der Waals surface area contributed by atoms with Crippen molar-refractivity contribution in [2.24, 2.45) is 0 Å². The summed E-state index contributed by atoms with van der Waals surface area (Å²) in [4.78, 5) is 16.5. The molecule has 24 heavy (non-hydrogen) atoms. The number of anilines is 1. The predicted octanol–water partition coefficient (Wildman–Crippen LogP) is 1.63. The molecule has 2 N–H and O–H groups in total. The first-order valence-electron chi connectivity index (χ1n) is 7.61.